The minimum absolute atomic E-state index is 0.0781. The molecule has 1 atom stereocenters. The summed E-state index contributed by atoms with van der Waals surface area (Å²) < 4.78 is 0. The predicted molar refractivity (Wildman–Crippen MR) is 139 cm³/mol. The highest BCUT2D eigenvalue weighted by atomic mass is 16.2. The van der Waals surface area contributed by atoms with Crippen molar-refractivity contribution >= 4 is 11.8 Å². The van der Waals surface area contributed by atoms with Crippen LogP contribution >= 0.6 is 0 Å². The zero-order valence-corrected chi connectivity index (χ0v) is 21.4. The van der Waals surface area contributed by atoms with Gasteiger partial charge in [0.25, 0.3) is 0 Å². The second-order valence-electron chi connectivity index (χ2n) is 8.96. The highest BCUT2D eigenvalue weighted by Gasteiger charge is 2.12. The van der Waals surface area contributed by atoms with Crippen molar-refractivity contribution in [3.63, 3.8) is 0 Å². The highest BCUT2D eigenvalue weighted by molar-refractivity contribution is 5.81. The standard InChI is InChI=1S/C25H54N6O2/c1-2-3-4-5-6-7-15-24(32)30-21-9-8-14-23(27)25(33)31-22-13-20-29-18-11-10-17-28-19-12-16-26/h23,28-29H,2-22,26-27H2,1H3,(H,30,32)(H,31,33). The van der Waals surface area contributed by atoms with Crippen molar-refractivity contribution in [3.8, 4) is 0 Å². The molecule has 1 unspecified atom stereocenters. The van der Waals surface area contributed by atoms with Crippen LogP contribution in [0.1, 0.15) is 96.8 Å². The van der Waals surface area contributed by atoms with Crippen molar-refractivity contribution in [1.29, 1.82) is 0 Å². The van der Waals surface area contributed by atoms with Gasteiger partial charge in [0.15, 0.2) is 0 Å². The van der Waals surface area contributed by atoms with Crippen LogP contribution in [-0.2, 0) is 9.59 Å². The molecule has 0 saturated heterocycles. The van der Waals surface area contributed by atoms with Crippen molar-refractivity contribution in [2.75, 3.05) is 45.8 Å². The molecule has 196 valence electrons. The van der Waals surface area contributed by atoms with E-state index in [0.29, 0.717) is 25.9 Å². The minimum atomic E-state index is -0.469. The Balaban J connectivity index is 3.42. The van der Waals surface area contributed by atoms with Gasteiger partial charge in [0.05, 0.1) is 6.04 Å². The van der Waals surface area contributed by atoms with Gasteiger partial charge in [0, 0.05) is 19.5 Å². The Morgan fingerprint density at radius 1 is 0.667 bits per heavy atom. The van der Waals surface area contributed by atoms with E-state index in [2.05, 4.69) is 28.2 Å². The van der Waals surface area contributed by atoms with Crippen LogP contribution in [0.3, 0.4) is 0 Å². The summed E-state index contributed by atoms with van der Waals surface area (Å²) in [5, 5.41) is 12.7. The summed E-state index contributed by atoms with van der Waals surface area (Å²) in [6.45, 7) is 8.21. The van der Waals surface area contributed by atoms with Crippen molar-refractivity contribution in [2.24, 2.45) is 11.5 Å². The van der Waals surface area contributed by atoms with Gasteiger partial charge in [-0.3, -0.25) is 9.59 Å². The molecule has 0 heterocycles. The lowest BCUT2D eigenvalue weighted by atomic mass is 10.1. The van der Waals surface area contributed by atoms with E-state index in [0.717, 1.165) is 84.1 Å². The number of carbonyl (C=O) groups is 2. The maximum atomic E-state index is 12.1. The summed E-state index contributed by atoms with van der Waals surface area (Å²) in [6, 6.07) is -0.469. The number of carbonyl (C=O) groups excluding carboxylic acids is 2. The zero-order chi connectivity index (χ0) is 24.4. The van der Waals surface area contributed by atoms with E-state index in [-0.39, 0.29) is 11.8 Å². The largest absolute Gasteiger partial charge is 0.356 e. The van der Waals surface area contributed by atoms with Gasteiger partial charge in [0.1, 0.15) is 0 Å². The van der Waals surface area contributed by atoms with Crippen LogP contribution in [0.2, 0.25) is 0 Å². The van der Waals surface area contributed by atoms with Crippen LogP contribution in [0.15, 0.2) is 0 Å². The van der Waals surface area contributed by atoms with Crippen molar-refractivity contribution in [1.82, 2.24) is 21.3 Å². The number of rotatable bonds is 25. The van der Waals surface area contributed by atoms with Crippen LogP contribution in [0.5, 0.6) is 0 Å². The first-order chi connectivity index (χ1) is 16.1. The van der Waals surface area contributed by atoms with Crippen LogP contribution in [0.4, 0.5) is 0 Å². The van der Waals surface area contributed by atoms with Crippen LogP contribution < -0.4 is 32.7 Å². The molecule has 0 spiro atoms. The van der Waals surface area contributed by atoms with Crippen molar-refractivity contribution in [3.05, 3.63) is 0 Å². The first kappa shape index (κ1) is 31.8. The molecule has 33 heavy (non-hydrogen) atoms. The first-order valence-corrected chi connectivity index (χ1v) is 13.5. The topological polar surface area (TPSA) is 134 Å². The average molecular weight is 471 g/mol. The van der Waals surface area contributed by atoms with Gasteiger partial charge in [-0.2, -0.15) is 0 Å². The van der Waals surface area contributed by atoms with Gasteiger partial charge in [-0.15, -0.1) is 0 Å². The second kappa shape index (κ2) is 25.4. The molecular formula is C25H54N6O2. The van der Waals surface area contributed by atoms with E-state index in [9.17, 15) is 9.59 Å². The van der Waals surface area contributed by atoms with Gasteiger partial charge >= 0.3 is 0 Å². The van der Waals surface area contributed by atoms with E-state index in [4.69, 9.17) is 11.5 Å². The van der Waals surface area contributed by atoms with Gasteiger partial charge in [-0.25, -0.2) is 0 Å². The molecule has 0 aliphatic carbocycles. The maximum Gasteiger partial charge on any atom is 0.236 e. The lowest BCUT2D eigenvalue weighted by Gasteiger charge is -2.12. The SMILES string of the molecule is CCCCCCCCC(=O)NCCCCC(N)C(=O)NCCCNCCCCNCCCN. The van der Waals surface area contributed by atoms with Gasteiger partial charge in [0.2, 0.25) is 11.8 Å². The summed E-state index contributed by atoms with van der Waals surface area (Å²) in [4.78, 5) is 23.9. The molecular weight excluding hydrogens is 416 g/mol. The van der Waals surface area contributed by atoms with E-state index in [1.54, 1.807) is 0 Å². The fourth-order valence-electron chi connectivity index (χ4n) is 3.54. The number of nitrogens with one attached hydrogen (secondary N) is 4. The number of nitrogens with two attached hydrogens (primary N) is 2. The second-order valence-corrected chi connectivity index (χ2v) is 8.96. The zero-order valence-electron chi connectivity index (χ0n) is 21.4. The summed E-state index contributed by atoms with van der Waals surface area (Å²) >= 11 is 0. The molecule has 0 aromatic heterocycles. The Kier molecular flexibility index (Phi) is 24.5. The molecule has 0 fully saturated rings. The average Bonchev–Trinajstić information content (AvgIpc) is 2.81. The van der Waals surface area contributed by atoms with E-state index in [1.165, 1.54) is 25.7 Å². The lowest BCUT2D eigenvalue weighted by Crippen LogP contribution is -2.41. The third-order valence-electron chi connectivity index (χ3n) is 5.70. The summed E-state index contributed by atoms with van der Waals surface area (Å²) in [5.74, 6) is 0.0611. The minimum Gasteiger partial charge on any atom is -0.356 e. The highest BCUT2D eigenvalue weighted by Crippen LogP contribution is 2.06. The van der Waals surface area contributed by atoms with Gasteiger partial charge in [-0.05, 0) is 84.1 Å². The smallest absolute Gasteiger partial charge is 0.236 e. The molecule has 0 bridgehead atoms. The number of hydrogen-bond acceptors (Lipinski definition) is 6. The Morgan fingerprint density at radius 3 is 1.94 bits per heavy atom. The molecule has 8 N–H and O–H groups in total. The Morgan fingerprint density at radius 2 is 1.24 bits per heavy atom. The summed E-state index contributed by atoms with van der Waals surface area (Å²) in [6.07, 6.45) is 14.4. The quantitative estimate of drug-likeness (QED) is 0.113. The molecule has 8 nitrogen and oxygen atoms in total. The third-order valence-corrected chi connectivity index (χ3v) is 5.70. The summed E-state index contributed by atoms with van der Waals surface area (Å²) in [7, 11) is 0. The fraction of sp³-hybridized carbons (Fsp3) is 0.920. The van der Waals surface area contributed by atoms with Crippen molar-refractivity contribution in [2.45, 2.75) is 103 Å². The predicted octanol–water partition coefficient (Wildman–Crippen LogP) is 2.17. The Hall–Kier alpha value is -1.22. The van der Waals surface area contributed by atoms with Gasteiger partial charge in [-0.1, -0.05) is 39.0 Å². The fourth-order valence-corrected chi connectivity index (χ4v) is 3.54. The molecule has 0 rings (SSSR count). The number of unbranched alkanes of at least 4 members (excludes halogenated alkanes) is 7. The normalized spacial score (nSPS) is 12.0. The molecule has 8 heteroatoms. The monoisotopic (exact) mass is 470 g/mol. The molecule has 0 aliphatic heterocycles. The molecule has 2 amide bonds. The molecule has 0 aromatic carbocycles. The van der Waals surface area contributed by atoms with Gasteiger partial charge < -0.3 is 32.7 Å². The summed E-state index contributed by atoms with van der Waals surface area (Å²) in [5.41, 5.74) is 11.4. The number of amides is 2. The molecule has 0 aromatic rings. The van der Waals surface area contributed by atoms with E-state index >= 15 is 0 Å². The maximum absolute atomic E-state index is 12.1. The van der Waals surface area contributed by atoms with Crippen molar-refractivity contribution < 1.29 is 9.59 Å². The Labute approximate surface area is 203 Å². The van der Waals surface area contributed by atoms with Crippen LogP contribution in [0, 0.1) is 0 Å². The number of hydrogen-bond donors (Lipinski definition) is 6. The van der Waals surface area contributed by atoms with E-state index in [1.807, 2.05) is 0 Å². The third kappa shape index (κ3) is 23.7. The van der Waals surface area contributed by atoms with E-state index < -0.39 is 6.04 Å². The lowest BCUT2D eigenvalue weighted by molar-refractivity contribution is -0.123. The van der Waals surface area contributed by atoms with Crippen LogP contribution in [0.25, 0.3) is 0 Å². The molecule has 0 radical (unpaired) electrons. The molecule has 0 saturated carbocycles. The Bertz CT molecular complexity index is 451. The first-order valence-electron chi connectivity index (χ1n) is 13.5. The molecule has 0 aliphatic rings. The van der Waals surface area contributed by atoms with Crippen LogP contribution in [-0.4, -0.2) is 63.7 Å².